The minimum absolute atomic E-state index is 0.0347. The molecular formula is C37H25NO. The molecule has 0 N–H and O–H groups in total. The van der Waals surface area contributed by atoms with E-state index < -0.39 is 0 Å². The van der Waals surface area contributed by atoms with Crippen molar-refractivity contribution < 1.29 is 4.42 Å². The van der Waals surface area contributed by atoms with Gasteiger partial charge in [-0.3, -0.25) is 0 Å². The number of nitrogens with zero attached hydrogens (tertiary/aromatic N) is 1. The lowest BCUT2D eigenvalue weighted by Gasteiger charge is -2.21. The van der Waals surface area contributed by atoms with Crippen molar-refractivity contribution in [2.24, 2.45) is 0 Å². The Bertz CT molecular complexity index is 2310. The van der Waals surface area contributed by atoms with Gasteiger partial charge in [-0.2, -0.15) is 0 Å². The van der Waals surface area contributed by atoms with Crippen LogP contribution < -0.4 is 0 Å². The second-order valence-electron chi connectivity index (χ2n) is 11.4. The molecule has 9 rings (SSSR count). The van der Waals surface area contributed by atoms with E-state index >= 15 is 0 Å². The van der Waals surface area contributed by atoms with Crippen LogP contribution >= 0.6 is 0 Å². The number of hydrogen-bond donors (Lipinski definition) is 0. The average molecular weight is 500 g/mol. The molecule has 0 saturated carbocycles. The third-order valence-corrected chi connectivity index (χ3v) is 8.98. The fraction of sp³-hybridized carbons (Fsp3) is 0.0811. The molecule has 8 aromatic rings. The Kier molecular flexibility index (Phi) is 3.89. The summed E-state index contributed by atoms with van der Waals surface area (Å²) in [5, 5.41) is 7.48. The maximum atomic E-state index is 6.28. The fourth-order valence-electron chi connectivity index (χ4n) is 7.12. The maximum Gasteiger partial charge on any atom is 0.137 e. The standard InChI is InChI=1S/C37H25NO/c1-37(2)30-12-6-3-9-24(30)29-19-22-15-18-33-36(28(22)21-31(29)37)27-11-4-7-13-32(27)38(33)23-16-17-26-25-10-5-8-14-34(25)39-35(26)20-23/h3-21H,1-2H3. The molecule has 0 atom stereocenters. The average Bonchev–Trinajstić information content (AvgIpc) is 3.58. The van der Waals surface area contributed by atoms with Crippen LogP contribution in [0.4, 0.5) is 0 Å². The van der Waals surface area contributed by atoms with Gasteiger partial charge in [0.25, 0.3) is 0 Å². The van der Waals surface area contributed by atoms with Crippen molar-refractivity contribution in [1.29, 1.82) is 0 Å². The van der Waals surface area contributed by atoms with Gasteiger partial charge in [-0.25, -0.2) is 0 Å². The minimum atomic E-state index is -0.0347. The van der Waals surface area contributed by atoms with Crippen molar-refractivity contribution in [3.05, 3.63) is 126 Å². The smallest absolute Gasteiger partial charge is 0.137 e. The van der Waals surface area contributed by atoms with Crippen molar-refractivity contribution in [3.63, 3.8) is 0 Å². The first-order chi connectivity index (χ1) is 19.1. The predicted octanol–water partition coefficient (Wildman–Crippen LogP) is 10.1. The van der Waals surface area contributed by atoms with Crippen LogP contribution in [0.2, 0.25) is 0 Å². The van der Waals surface area contributed by atoms with Gasteiger partial charge in [0.15, 0.2) is 0 Å². The summed E-state index contributed by atoms with van der Waals surface area (Å²) in [5.74, 6) is 0. The molecule has 39 heavy (non-hydrogen) atoms. The highest BCUT2D eigenvalue weighted by atomic mass is 16.3. The predicted molar refractivity (Wildman–Crippen MR) is 163 cm³/mol. The molecule has 0 bridgehead atoms. The molecule has 2 heteroatoms. The van der Waals surface area contributed by atoms with Gasteiger partial charge in [0.05, 0.1) is 11.0 Å². The lowest BCUT2D eigenvalue weighted by Crippen LogP contribution is -2.14. The molecular weight excluding hydrogens is 474 g/mol. The van der Waals surface area contributed by atoms with Gasteiger partial charge in [-0.1, -0.05) is 80.6 Å². The molecule has 0 spiro atoms. The molecule has 1 aliphatic carbocycles. The van der Waals surface area contributed by atoms with E-state index in [1.54, 1.807) is 0 Å². The van der Waals surface area contributed by atoms with Crippen LogP contribution in [0.3, 0.4) is 0 Å². The molecule has 0 saturated heterocycles. The van der Waals surface area contributed by atoms with E-state index in [1.165, 1.54) is 54.8 Å². The first-order valence-electron chi connectivity index (χ1n) is 13.6. The summed E-state index contributed by atoms with van der Waals surface area (Å²) in [7, 11) is 0. The van der Waals surface area contributed by atoms with Gasteiger partial charge in [0, 0.05) is 38.7 Å². The normalized spacial score (nSPS) is 14.1. The summed E-state index contributed by atoms with van der Waals surface area (Å²) < 4.78 is 8.67. The number of rotatable bonds is 1. The molecule has 0 aliphatic heterocycles. The van der Waals surface area contributed by atoms with Gasteiger partial charge in [0.2, 0.25) is 0 Å². The second-order valence-corrected chi connectivity index (χ2v) is 11.4. The first kappa shape index (κ1) is 21.2. The van der Waals surface area contributed by atoms with Crippen LogP contribution in [0.25, 0.3) is 71.3 Å². The molecule has 2 heterocycles. The van der Waals surface area contributed by atoms with E-state index in [0.717, 1.165) is 27.6 Å². The summed E-state index contributed by atoms with van der Waals surface area (Å²) in [5.41, 5.74) is 10.9. The van der Waals surface area contributed by atoms with Gasteiger partial charge in [-0.05, 0) is 75.5 Å². The first-order valence-corrected chi connectivity index (χ1v) is 13.6. The van der Waals surface area contributed by atoms with E-state index in [-0.39, 0.29) is 5.41 Å². The summed E-state index contributed by atoms with van der Waals surface area (Å²) in [4.78, 5) is 0. The molecule has 0 fully saturated rings. The Balaban J connectivity index is 1.37. The minimum Gasteiger partial charge on any atom is -0.456 e. The zero-order valence-electron chi connectivity index (χ0n) is 21.8. The maximum absolute atomic E-state index is 6.28. The van der Waals surface area contributed by atoms with E-state index in [4.69, 9.17) is 4.42 Å². The van der Waals surface area contributed by atoms with Crippen LogP contribution in [0.5, 0.6) is 0 Å². The Morgan fingerprint density at radius 1 is 0.538 bits per heavy atom. The molecule has 0 unspecified atom stereocenters. The zero-order valence-corrected chi connectivity index (χ0v) is 21.8. The molecule has 184 valence electrons. The van der Waals surface area contributed by atoms with E-state index in [2.05, 4.69) is 122 Å². The van der Waals surface area contributed by atoms with Crippen molar-refractivity contribution >= 4 is 54.5 Å². The molecule has 1 aliphatic rings. The summed E-state index contributed by atoms with van der Waals surface area (Å²) in [6, 6.07) is 42.0. The Morgan fingerprint density at radius 2 is 1.31 bits per heavy atom. The summed E-state index contributed by atoms with van der Waals surface area (Å²) in [6.45, 7) is 4.71. The summed E-state index contributed by atoms with van der Waals surface area (Å²) >= 11 is 0. The number of benzene rings is 6. The highest BCUT2D eigenvalue weighted by Gasteiger charge is 2.35. The van der Waals surface area contributed by atoms with Crippen LogP contribution in [0.1, 0.15) is 25.0 Å². The third-order valence-electron chi connectivity index (χ3n) is 8.98. The van der Waals surface area contributed by atoms with E-state index in [1.807, 2.05) is 12.1 Å². The lowest BCUT2D eigenvalue weighted by atomic mass is 9.81. The monoisotopic (exact) mass is 499 g/mol. The van der Waals surface area contributed by atoms with Crippen LogP contribution in [-0.2, 0) is 5.41 Å². The SMILES string of the molecule is CC1(C)c2ccccc2-c2cc3ccc4c(c3cc21)c1ccccc1n4-c1ccc2c(c1)oc1ccccc12. The summed E-state index contributed by atoms with van der Waals surface area (Å²) in [6.07, 6.45) is 0. The zero-order chi connectivity index (χ0) is 25.9. The fourth-order valence-corrected chi connectivity index (χ4v) is 7.12. The number of fused-ring (bicyclic) bond motifs is 11. The van der Waals surface area contributed by atoms with Crippen molar-refractivity contribution in [1.82, 2.24) is 4.57 Å². The van der Waals surface area contributed by atoms with Crippen LogP contribution in [0.15, 0.2) is 120 Å². The molecule has 2 nitrogen and oxygen atoms in total. The van der Waals surface area contributed by atoms with Crippen LogP contribution in [-0.4, -0.2) is 4.57 Å². The van der Waals surface area contributed by atoms with Gasteiger partial charge in [0.1, 0.15) is 11.2 Å². The number of para-hydroxylation sites is 2. The van der Waals surface area contributed by atoms with Gasteiger partial charge in [-0.15, -0.1) is 0 Å². The molecule has 0 amide bonds. The Hall–Kier alpha value is -4.82. The topological polar surface area (TPSA) is 18.1 Å². The number of furan rings is 1. The highest BCUT2D eigenvalue weighted by Crippen LogP contribution is 2.51. The van der Waals surface area contributed by atoms with E-state index in [9.17, 15) is 0 Å². The Morgan fingerprint density at radius 3 is 2.23 bits per heavy atom. The van der Waals surface area contributed by atoms with Gasteiger partial charge >= 0.3 is 0 Å². The Labute approximate surface area is 225 Å². The molecule has 0 radical (unpaired) electrons. The van der Waals surface area contributed by atoms with Gasteiger partial charge < -0.3 is 8.98 Å². The largest absolute Gasteiger partial charge is 0.456 e. The third kappa shape index (κ3) is 2.66. The highest BCUT2D eigenvalue weighted by molar-refractivity contribution is 6.22. The van der Waals surface area contributed by atoms with Crippen molar-refractivity contribution in [2.75, 3.05) is 0 Å². The molecule has 2 aromatic heterocycles. The lowest BCUT2D eigenvalue weighted by molar-refractivity contribution is 0.661. The van der Waals surface area contributed by atoms with Crippen molar-refractivity contribution in [3.8, 4) is 16.8 Å². The van der Waals surface area contributed by atoms with E-state index in [0.29, 0.717) is 0 Å². The van der Waals surface area contributed by atoms with Crippen LogP contribution in [0, 0.1) is 0 Å². The number of hydrogen-bond acceptors (Lipinski definition) is 1. The second kappa shape index (κ2) is 7.18. The van der Waals surface area contributed by atoms with Crippen molar-refractivity contribution in [2.45, 2.75) is 19.3 Å². The number of aromatic nitrogens is 1. The molecule has 6 aromatic carbocycles. The quantitative estimate of drug-likeness (QED) is 0.220.